The number of rotatable bonds is 13. The highest BCUT2D eigenvalue weighted by molar-refractivity contribution is 5.94. The number of carbonyl (C=O) groups excluding carboxylic acids is 1. The largest absolute Gasteiger partial charge is 0.494 e. The van der Waals surface area contributed by atoms with E-state index in [4.69, 9.17) is 4.74 Å². The average molecular weight is 540 g/mol. The zero-order chi connectivity index (χ0) is 28.2. The first-order chi connectivity index (χ1) is 19.5. The number of benzene rings is 3. The molecular weight excluding hydrogens is 498 g/mol. The Kier molecular flexibility index (Phi) is 10.6. The fourth-order valence-electron chi connectivity index (χ4n) is 5.39. The highest BCUT2D eigenvalue weighted by Gasteiger charge is 2.41. The fourth-order valence-corrected chi connectivity index (χ4v) is 5.39. The van der Waals surface area contributed by atoms with E-state index in [-0.39, 0.29) is 12.3 Å². The van der Waals surface area contributed by atoms with E-state index >= 15 is 0 Å². The number of anilines is 1. The monoisotopic (exact) mass is 539 g/mol. The minimum absolute atomic E-state index is 0.0151. The predicted molar refractivity (Wildman–Crippen MR) is 162 cm³/mol. The Labute approximate surface area is 238 Å². The molecule has 0 spiro atoms. The number of aliphatic carboxylic acids is 1. The van der Waals surface area contributed by atoms with Crippen LogP contribution in [0.3, 0.4) is 0 Å². The molecule has 4 rings (SSSR count). The van der Waals surface area contributed by atoms with Crippen LogP contribution in [-0.4, -0.2) is 23.6 Å². The van der Waals surface area contributed by atoms with Crippen molar-refractivity contribution in [3.8, 4) is 5.75 Å². The highest BCUT2D eigenvalue weighted by Crippen LogP contribution is 2.39. The molecule has 210 valence electrons. The molecule has 1 aliphatic rings. The number of carboxylic acids is 1. The molecule has 0 aliphatic heterocycles. The zero-order valence-electron chi connectivity index (χ0n) is 23.5. The van der Waals surface area contributed by atoms with Crippen LogP contribution in [0.4, 0.5) is 5.69 Å². The fraction of sp³-hybridized carbons (Fsp3) is 0.371. The first-order valence-corrected chi connectivity index (χ1v) is 14.6. The maximum absolute atomic E-state index is 12.7. The molecule has 0 bridgehead atoms. The second kappa shape index (κ2) is 14.5. The van der Waals surface area contributed by atoms with E-state index in [0.29, 0.717) is 25.1 Å². The van der Waals surface area contributed by atoms with Gasteiger partial charge in [-0.25, -0.2) is 0 Å². The van der Waals surface area contributed by atoms with Crippen molar-refractivity contribution in [1.82, 2.24) is 0 Å². The molecule has 0 unspecified atom stereocenters. The molecule has 3 aromatic carbocycles. The number of nitrogens with one attached hydrogen (secondary N) is 1. The van der Waals surface area contributed by atoms with E-state index in [9.17, 15) is 14.7 Å². The third-order valence-electron chi connectivity index (χ3n) is 7.82. The molecule has 0 saturated heterocycles. The number of aryl methyl sites for hydroxylation is 2. The molecule has 0 atom stereocenters. The van der Waals surface area contributed by atoms with E-state index in [0.717, 1.165) is 61.8 Å². The van der Waals surface area contributed by atoms with Gasteiger partial charge in [0, 0.05) is 12.1 Å². The molecule has 1 saturated carbocycles. The van der Waals surface area contributed by atoms with E-state index in [1.54, 1.807) is 0 Å². The summed E-state index contributed by atoms with van der Waals surface area (Å²) in [5.74, 6) is -0.252. The van der Waals surface area contributed by atoms with Crippen LogP contribution >= 0.6 is 0 Å². The highest BCUT2D eigenvalue weighted by atomic mass is 16.5. The van der Waals surface area contributed by atoms with Crippen molar-refractivity contribution in [1.29, 1.82) is 0 Å². The number of hydrogen-bond donors (Lipinski definition) is 2. The van der Waals surface area contributed by atoms with Gasteiger partial charge in [0.15, 0.2) is 0 Å². The maximum atomic E-state index is 12.7. The summed E-state index contributed by atoms with van der Waals surface area (Å²) < 4.78 is 6.00. The summed E-state index contributed by atoms with van der Waals surface area (Å²) in [5, 5.41) is 12.7. The lowest BCUT2D eigenvalue weighted by Crippen LogP contribution is -2.37. The maximum Gasteiger partial charge on any atom is 0.310 e. The van der Waals surface area contributed by atoms with Gasteiger partial charge in [-0.1, -0.05) is 86.9 Å². The number of carboxylic acid groups (broad SMARTS) is 1. The summed E-state index contributed by atoms with van der Waals surface area (Å²) >= 11 is 0. The van der Waals surface area contributed by atoms with Crippen LogP contribution < -0.4 is 10.1 Å². The summed E-state index contributed by atoms with van der Waals surface area (Å²) in [6.45, 7) is 2.86. The van der Waals surface area contributed by atoms with E-state index in [1.807, 2.05) is 60.7 Å². The van der Waals surface area contributed by atoms with Gasteiger partial charge in [-0.05, 0) is 85.0 Å². The summed E-state index contributed by atoms with van der Waals surface area (Å²) in [6.07, 6.45) is 12.2. The topological polar surface area (TPSA) is 75.6 Å². The van der Waals surface area contributed by atoms with Gasteiger partial charge in [0.2, 0.25) is 5.91 Å². The molecule has 0 radical (unpaired) electrons. The van der Waals surface area contributed by atoms with Gasteiger partial charge in [0.25, 0.3) is 0 Å². The third-order valence-corrected chi connectivity index (χ3v) is 7.82. The molecule has 5 nitrogen and oxygen atoms in total. The number of hydrogen-bond acceptors (Lipinski definition) is 3. The Morgan fingerprint density at radius 3 is 2.25 bits per heavy atom. The van der Waals surface area contributed by atoms with Gasteiger partial charge in [0.1, 0.15) is 5.75 Å². The van der Waals surface area contributed by atoms with Crippen LogP contribution in [0.15, 0.2) is 72.8 Å². The molecule has 2 N–H and O–H groups in total. The smallest absolute Gasteiger partial charge is 0.310 e. The van der Waals surface area contributed by atoms with Crippen LogP contribution in [0.2, 0.25) is 0 Å². The third kappa shape index (κ3) is 8.57. The Morgan fingerprint density at radius 1 is 0.875 bits per heavy atom. The van der Waals surface area contributed by atoms with E-state index in [2.05, 4.69) is 36.5 Å². The van der Waals surface area contributed by atoms with Crippen LogP contribution in [0.1, 0.15) is 80.5 Å². The van der Waals surface area contributed by atoms with Crippen molar-refractivity contribution >= 4 is 29.7 Å². The van der Waals surface area contributed by atoms with Crippen molar-refractivity contribution in [3.63, 3.8) is 0 Å². The van der Waals surface area contributed by atoms with Gasteiger partial charge < -0.3 is 15.2 Å². The van der Waals surface area contributed by atoms with Gasteiger partial charge in [-0.15, -0.1) is 0 Å². The molecule has 1 aliphatic carbocycles. The number of ether oxygens (including phenoxy) is 1. The normalized spacial score (nSPS) is 14.6. The molecule has 3 aromatic rings. The van der Waals surface area contributed by atoms with E-state index < -0.39 is 11.4 Å². The van der Waals surface area contributed by atoms with Gasteiger partial charge in [0.05, 0.1) is 12.0 Å². The lowest BCUT2D eigenvalue weighted by Gasteiger charge is -2.32. The van der Waals surface area contributed by atoms with Crippen molar-refractivity contribution < 1.29 is 19.4 Å². The van der Waals surface area contributed by atoms with Gasteiger partial charge in [-0.2, -0.15) is 0 Å². The molecule has 40 heavy (non-hydrogen) atoms. The van der Waals surface area contributed by atoms with Crippen molar-refractivity contribution in [2.45, 2.75) is 71.1 Å². The molecule has 0 aromatic heterocycles. The molecule has 1 fully saturated rings. The van der Waals surface area contributed by atoms with Crippen LogP contribution in [0.5, 0.6) is 5.75 Å². The van der Waals surface area contributed by atoms with E-state index in [1.165, 1.54) is 11.1 Å². The first-order valence-electron chi connectivity index (χ1n) is 14.6. The lowest BCUT2D eigenvalue weighted by molar-refractivity contribution is -0.153. The summed E-state index contributed by atoms with van der Waals surface area (Å²) in [4.78, 5) is 24.7. The molecule has 0 heterocycles. The summed E-state index contributed by atoms with van der Waals surface area (Å²) in [7, 11) is 0. The second-order valence-corrected chi connectivity index (χ2v) is 10.9. The minimum atomic E-state index is -0.937. The van der Waals surface area contributed by atoms with Crippen LogP contribution in [-0.2, 0) is 22.4 Å². The Morgan fingerprint density at radius 2 is 1.55 bits per heavy atom. The standard InChI is InChI=1S/C35H41NO4/c1-2-27-15-17-28(18-16-27)10-4-7-23-40-32-14-9-12-30(25-32)20-19-29-11-8-13-31(24-29)36-33(37)26-35(34(38)39)21-5-3-6-22-35/h8-9,11-20,24-25H,2-7,10,21-23,26H2,1H3,(H,36,37)(H,38,39)/b20-19+. The Bertz CT molecular complexity index is 1290. The molecule has 5 heteroatoms. The average Bonchev–Trinajstić information content (AvgIpc) is 2.97. The van der Waals surface area contributed by atoms with Gasteiger partial charge >= 0.3 is 5.97 Å². The molecular formula is C35H41NO4. The van der Waals surface area contributed by atoms with Crippen LogP contribution in [0.25, 0.3) is 12.2 Å². The second-order valence-electron chi connectivity index (χ2n) is 10.9. The molecule has 1 amide bonds. The van der Waals surface area contributed by atoms with Crippen molar-refractivity contribution in [2.75, 3.05) is 11.9 Å². The van der Waals surface area contributed by atoms with Gasteiger partial charge in [-0.3, -0.25) is 9.59 Å². The van der Waals surface area contributed by atoms with Crippen molar-refractivity contribution in [2.24, 2.45) is 5.41 Å². The Hall–Kier alpha value is -3.86. The minimum Gasteiger partial charge on any atom is -0.494 e. The quantitative estimate of drug-likeness (QED) is 0.170. The summed E-state index contributed by atoms with van der Waals surface area (Å²) in [6, 6.07) is 24.5. The predicted octanol–water partition coefficient (Wildman–Crippen LogP) is 8.18. The Balaban J connectivity index is 1.25. The number of unbranched alkanes of at least 4 members (excludes halogenated alkanes) is 1. The summed E-state index contributed by atoms with van der Waals surface area (Å²) in [5.41, 5.74) is 4.46. The first kappa shape index (κ1) is 29.1. The van der Waals surface area contributed by atoms with Crippen molar-refractivity contribution in [3.05, 3.63) is 95.1 Å². The van der Waals surface area contributed by atoms with Crippen LogP contribution in [0, 0.1) is 5.41 Å². The zero-order valence-corrected chi connectivity index (χ0v) is 23.5. The lowest BCUT2D eigenvalue weighted by atomic mass is 9.71. The SMILES string of the molecule is CCc1ccc(CCCCOc2cccc(/C=C/c3cccc(NC(=O)CC4(C(=O)O)CCCCC4)c3)c2)cc1. The number of amides is 1. The number of carbonyl (C=O) groups is 2.